The van der Waals surface area contributed by atoms with Crippen molar-refractivity contribution in [3.63, 3.8) is 0 Å². The molecule has 25 heavy (non-hydrogen) atoms. The summed E-state index contributed by atoms with van der Waals surface area (Å²) in [4.78, 5) is 16.3. The van der Waals surface area contributed by atoms with Gasteiger partial charge in [0.1, 0.15) is 5.78 Å². The summed E-state index contributed by atoms with van der Waals surface area (Å²) in [6, 6.07) is 8.33. The molecule has 0 spiro atoms. The number of hydrogen-bond donors (Lipinski definition) is 1. The summed E-state index contributed by atoms with van der Waals surface area (Å²) in [6.45, 7) is 1.90. The van der Waals surface area contributed by atoms with E-state index in [0.29, 0.717) is 12.1 Å². The number of nitrogens with zero attached hydrogens (tertiary/aromatic N) is 3. The average molecular weight is 348 g/mol. The maximum absolute atomic E-state index is 13.1. The number of allylic oxidation sites excluding steroid dienone is 2. The van der Waals surface area contributed by atoms with Gasteiger partial charge >= 0.3 is 6.18 Å². The van der Waals surface area contributed by atoms with Crippen LogP contribution in [0.2, 0.25) is 0 Å². The zero-order valence-corrected chi connectivity index (χ0v) is 13.3. The number of ketones is 1. The van der Waals surface area contributed by atoms with Crippen LogP contribution in [0.4, 0.5) is 19.1 Å². The van der Waals surface area contributed by atoms with E-state index in [-0.39, 0.29) is 17.6 Å². The maximum Gasteiger partial charge on any atom is 0.453 e. The first-order chi connectivity index (χ1) is 11.8. The number of hydrogen-bond acceptors (Lipinski definition) is 4. The van der Waals surface area contributed by atoms with Crippen LogP contribution in [-0.2, 0) is 11.0 Å². The van der Waals surface area contributed by atoms with Crippen LogP contribution < -0.4 is 5.32 Å². The van der Waals surface area contributed by atoms with Gasteiger partial charge in [0.25, 0.3) is 5.82 Å². The number of nitrogens with one attached hydrogen (secondary N) is 1. The van der Waals surface area contributed by atoms with E-state index >= 15 is 0 Å². The third-order valence-electron chi connectivity index (χ3n) is 4.53. The summed E-state index contributed by atoms with van der Waals surface area (Å²) in [6.07, 6.45) is -2.40. The minimum absolute atomic E-state index is 0.00516. The van der Waals surface area contributed by atoms with Gasteiger partial charge in [-0.1, -0.05) is 43.3 Å². The lowest BCUT2D eigenvalue weighted by atomic mass is 9.78. The molecule has 1 aliphatic heterocycles. The van der Waals surface area contributed by atoms with Gasteiger partial charge in [0, 0.05) is 12.1 Å². The van der Waals surface area contributed by atoms with Gasteiger partial charge in [-0.2, -0.15) is 18.2 Å². The lowest BCUT2D eigenvalue weighted by molar-refractivity contribution is -0.145. The van der Waals surface area contributed by atoms with Gasteiger partial charge in [-0.05, 0) is 11.5 Å². The van der Waals surface area contributed by atoms with Crippen LogP contribution in [-0.4, -0.2) is 20.5 Å². The Morgan fingerprint density at radius 3 is 2.64 bits per heavy atom. The lowest BCUT2D eigenvalue weighted by Crippen LogP contribution is -2.40. The summed E-state index contributed by atoms with van der Waals surface area (Å²) >= 11 is 0. The Balaban J connectivity index is 1.91. The van der Waals surface area contributed by atoms with E-state index in [1.165, 1.54) is 4.68 Å². The van der Waals surface area contributed by atoms with Crippen molar-refractivity contribution in [3.8, 4) is 0 Å². The Bertz CT molecular complexity index is 857. The van der Waals surface area contributed by atoms with Gasteiger partial charge in [-0.3, -0.25) is 4.79 Å². The summed E-state index contributed by atoms with van der Waals surface area (Å²) in [7, 11) is 0. The number of rotatable bonds is 1. The number of aromatic nitrogens is 3. The van der Waals surface area contributed by atoms with Crippen molar-refractivity contribution in [2.75, 3.05) is 5.32 Å². The topological polar surface area (TPSA) is 59.8 Å². The molecule has 4 rings (SSSR count). The van der Waals surface area contributed by atoms with Crippen LogP contribution in [0.5, 0.6) is 0 Å². The average Bonchev–Trinajstić information content (AvgIpc) is 2.97. The second-order valence-corrected chi connectivity index (χ2v) is 6.43. The molecule has 3 atom stereocenters. The van der Waals surface area contributed by atoms with E-state index in [2.05, 4.69) is 15.4 Å². The van der Waals surface area contributed by atoms with Gasteiger partial charge in [-0.25, -0.2) is 4.68 Å². The zero-order valence-electron chi connectivity index (χ0n) is 13.3. The Morgan fingerprint density at radius 1 is 1.24 bits per heavy atom. The molecular formula is C17H15F3N4O. The van der Waals surface area contributed by atoms with E-state index in [1.54, 1.807) is 24.3 Å². The minimum Gasteiger partial charge on any atom is -0.328 e. The number of Topliss-reactive ketones (excluding diaryl/α,β-unsaturated/α-hetero) is 1. The lowest BCUT2D eigenvalue weighted by Gasteiger charge is -2.37. The van der Waals surface area contributed by atoms with Crippen molar-refractivity contribution < 1.29 is 18.0 Å². The number of carbonyl (C=O) groups excluding carboxylic acids is 1. The van der Waals surface area contributed by atoms with Gasteiger partial charge in [-0.15, -0.1) is 5.10 Å². The highest BCUT2D eigenvalue weighted by atomic mass is 19.4. The van der Waals surface area contributed by atoms with Crippen LogP contribution in [0.3, 0.4) is 0 Å². The molecule has 1 N–H and O–H groups in total. The van der Waals surface area contributed by atoms with E-state index in [1.807, 2.05) is 19.1 Å². The molecule has 0 saturated heterocycles. The van der Waals surface area contributed by atoms with E-state index < -0.39 is 24.0 Å². The number of carbonyl (C=O) groups is 1. The molecule has 2 heterocycles. The van der Waals surface area contributed by atoms with E-state index in [0.717, 1.165) is 5.56 Å². The predicted octanol–water partition coefficient (Wildman–Crippen LogP) is 3.42. The maximum atomic E-state index is 13.1. The van der Waals surface area contributed by atoms with Crippen molar-refractivity contribution in [2.24, 2.45) is 11.8 Å². The normalized spacial score (nSPS) is 25.7. The molecule has 0 fully saturated rings. The molecule has 1 aromatic carbocycles. The second-order valence-electron chi connectivity index (χ2n) is 6.43. The third-order valence-corrected chi connectivity index (χ3v) is 4.53. The number of alkyl halides is 3. The molecule has 5 nitrogen and oxygen atoms in total. The second kappa shape index (κ2) is 5.44. The van der Waals surface area contributed by atoms with Crippen LogP contribution in [0.15, 0.2) is 42.1 Å². The molecule has 0 bridgehead atoms. The first kappa shape index (κ1) is 15.9. The van der Waals surface area contributed by atoms with Crippen molar-refractivity contribution in [1.29, 1.82) is 0 Å². The first-order valence-electron chi connectivity index (χ1n) is 7.94. The molecule has 0 amide bonds. The standard InChI is InChI=1S/C17H15F3N4O/c1-9-7-11-13(12(25)8-9)14(10-5-3-2-4-6-10)24-16(21-11)22-15(23-24)17(18,19)20/h2-7,9,13-14H,8H2,1H3,(H,21,22,23)/t9-,13-,14-/m1/s1. The molecular weight excluding hydrogens is 333 g/mol. The van der Waals surface area contributed by atoms with Crippen LogP contribution in [0.1, 0.15) is 30.8 Å². The molecule has 2 aromatic rings. The van der Waals surface area contributed by atoms with Crippen LogP contribution in [0.25, 0.3) is 0 Å². The number of halogens is 3. The smallest absolute Gasteiger partial charge is 0.328 e. The van der Waals surface area contributed by atoms with Crippen molar-refractivity contribution >= 4 is 11.7 Å². The molecule has 0 radical (unpaired) electrons. The molecule has 8 heteroatoms. The molecule has 0 saturated carbocycles. The van der Waals surface area contributed by atoms with Crippen molar-refractivity contribution in [1.82, 2.24) is 14.8 Å². The number of fused-ring (bicyclic) bond motifs is 2. The Kier molecular flexibility index (Phi) is 3.45. The van der Waals surface area contributed by atoms with Gasteiger partial charge < -0.3 is 5.32 Å². The fourth-order valence-corrected chi connectivity index (χ4v) is 3.53. The summed E-state index contributed by atoms with van der Waals surface area (Å²) < 4.78 is 40.4. The fourth-order valence-electron chi connectivity index (χ4n) is 3.53. The molecule has 1 aromatic heterocycles. The predicted molar refractivity (Wildman–Crippen MR) is 83.6 cm³/mol. The zero-order chi connectivity index (χ0) is 17.8. The van der Waals surface area contributed by atoms with Crippen molar-refractivity contribution in [2.45, 2.75) is 25.6 Å². The summed E-state index contributed by atoms with van der Waals surface area (Å²) in [5.74, 6) is -1.78. The van der Waals surface area contributed by atoms with E-state index in [9.17, 15) is 18.0 Å². The Hall–Kier alpha value is -2.64. The van der Waals surface area contributed by atoms with Crippen LogP contribution in [0, 0.1) is 11.8 Å². The van der Waals surface area contributed by atoms with Crippen LogP contribution >= 0.6 is 0 Å². The third kappa shape index (κ3) is 2.61. The largest absolute Gasteiger partial charge is 0.453 e. The highest BCUT2D eigenvalue weighted by Crippen LogP contribution is 2.43. The monoisotopic (exact) mass is 348 g/mol. The molecule has 2 aliphatic rings. The number of benzene rings is 1. The summed E-state index contributed by atoms with van der Waals surface area (Å²) in [5, 5.41) is 6.54. The highest BCUT2D eigenvalue weighted by Gasteiger charge is 2.45. The van der Waals surface area contributed by atoms with E-state index in [4.69, 9.17) is 0 Å². The Morgan fingerprint density at radius 2 is 1.96 bits per heavy atom. The first-order valence-corrected chi connectivity index (χ1v) is 7.94. The SMILES string of the molecule is C[C@@H]1C=C2Nc3nc(C(F)(F)F)nn3[C@H](c3ccccc3)[C@H]2C(=O)C1. The quantitative estimate of drug-likeness (QED) is 0.858. The molecule has 1 aliphatic carbocycles. The number of anilines is 1. The fraction of sp³-hybridized carbons (Fsp3) is 0.353. The Labute approximate surface area is 141 Å². The molecule has 0 unspecified atom stereocenters. The summed E-state index contributed by atoms with van der Waals surface area (Å²) in [5.41, 5.74) is 1.33. The van der Waals surface area contributed by atoms with Crippen molar-refractivity contribution in [3.05, 3.63) is 53.5 Å². The highest BCUT2D eigenvalue weighted by molar-refractivity contribution is 5.87. The van der Waals surface area contributed by atoms with Gasteiger partial charge in [0.2, 0.25) is 5.95 Å². The molecule has 130 valence electrons. The van der Waals surface area contributed by atoms with Gasteiger partial charge in [0.05, 0.1) is 12.0 Å². The van der Waals surface area contributed by atoms with Gasteiger partial charge in [0.15, 0.2) is 0 Å². The minimum atomic E-state index is -4.65.